The second-order valence-electron chi connectivity index (χ2n) is 5.38. The van der Waals surface area contributed by atoms with Crippen LogP contribution in [-0.4, -0.2) is 36.4 Å². The molecule has 1 N–H and O–H groups in total. The molecule has 0 radical (unpaired) electrons. The van der Waals surface area contributed by atoms with Crippen LogP contribution in [0.2, 0.25) is 0 Å². The van der Waals surface area contributed by atoms with E-state index in [1.54, 1.807) is 0 Å². The van der Waals surface area contributed by atoms with Gasteiger partial charge >= 0.3 is 5.97 Å². The summed E-state index contributed by atoms with van der Waals surface area (Å²) in [5, 5.41) is 8.91. The van der Waals surface area contributed by atoms with E-state index in [2.05, 4.69) is 36.1 Å². The molecule has 20 heavy (non-hydrogen) atoms. The molecule has 1 fully saturated rings. The van der Waals surface area contributed by atoms with Crippen LogP contribution in [0.4, 0.5) is 5.69 Å². The number of carboxylic acids is 1. The van der Waals surface area contributed by atoms with Gasteiger partial charge in [0.15, 0.2) is 0 Å². The van der Waals surface area contributed by atoms with Gasteiger partial charge in [0.1, 0.15) is 0 Å². The zero-order chi connectivity index (χ0) is 14.5. The van der Waals surface area contributed by atoms with Gasteiger partial charge in [-0.05, 0) is 38.8 Å². The van der Waals surface area contributed by atoms with Crippen LogP contribution >= 0.6 is 0 Å². The molecule has 4 heteroatoms. The highest BCUT2D eigenvalue weighted by Gasteiger charge is 2.34. The van der Waals surface area contributed by atoms with E-state index in [0.29, 0.717) is 18.7 Å². The van der Waals surface area contributed by atoms with E-state index in [-0.39, 0.29) is 6.42 Å². The maximum atomic E-state index is 10.8. The van der Waals surface area contributed by atoms with E-state index in [1.807, 2.05) is 6.92 Å². The molecular formula is C16H23NO3. The van der Waals surface area contributed by atoms with Crippen molar-refractivity contribution in [2.24, 2.45) is 0 Å². The molecule has 0 bridgehead atoms. The Bertz CT molecular complexity index is 438. The summed E-state index contributed by atoms with van der Waals surface area (Å²) in [4.78, 5) is 13.0. The van der Waals surface area contributed by atoms with Crippen molar-refractivity contribution in [3.8, 4) is 0 Å². The minimum Gasteiger partial charge on any atom is -0.481 e. The topological polar surface area (TPSA) is 49.8 Å². The summed E-state index contributed by atoms with van der Waals surface area (Å²) in [5.41, 5.74) is 2.32. The number of ether oxygens (including phenoxy) is 1. The van der Waals surface area contributed by atoms with Crippen molar-refractivity contribution in [2.75, 3.05) is 18.1 Å². The van der Waals surface area contributed by atoms with Crippen molar-refractivity contribution < 1.29 is 14.6 Å². The number of aryl methyl sites for hydroxylation is 1. The average Bonchev–Trinajstić information content (AvgIpc) is 2.37. The van der Waals surface area contributed by atoms with E-state index in [9.17, 15) is 4.79 Å². The minimum atomic E-state index is -0.747. The maximum absolute atomic E-state index is 10.8. The molecule has 1 saturated carbocycles. The highest BCUT2D eigenvalue weighted by Crippen LogP contribution is 2.32. The highest BCUT2D eigenvalue weighted by atomic mass is 16.5. The largest absolute Gasteiger partial charge is 0.481 e. The van der Waals surface area contributed by atoms with Crippen LogP contribution in [0.5, 0.6) is 0 Å². The molecule has 1 aromatic rings. The number of hydrogen-bond donors (Lipinski definition) is 1. The second-order valence-corrected chi connectivity index (χ2v) is 5.38. The van der Waals surface area contributed by atoms with Crippen LogP contribution in [0.25, 0.3) is 0 Å². The van der Waals surface area contributed by atoms with Gasteiger partial charge in [0, 0.05) is 24.9 Å². The standard InChI is InChI=1S/C16H23NO3/c1-3-20-15-10-14(11-15)17(9-8-16(18)19)13-6-4-12(2)5-7-13/h4-7,14-15H,3,8-11H2,1-2H3,(H,18,19). The van der Waals surface area contributed by atoms with Gasteiger partial charge in [-0.1, -0.05) is 17.7 Å². The molecule has 1 aliphatic carbocycles. The van der Waals surface area contributed by atoms with Gasteiger partial charge in [-0.15, -0.1) is 0 Å². The molecule has 1 aliphatic rings. The Morgan fingerprint density at radius 3 is 2.55 bits per heavy atom. The third-order valence-corrected chi connectivity index (χ3v) is 3.85. The first kappa shape index (κ1) is 14.9. The lowest BCUT2D eigenvalue weighted by molar-refractivity contribution is -0.136. The molecule has 2 rings (SSSR count). The lowest BCUT2D eigenvalue weighted by Crippen LogP contribution is -2.49. The summed E-state index contributed by atoms with van der Waals surface area (Å²) in [6.07, 6.45) is 2.48. The van der Waals surface area contributed by atoms with Crippen LogP contribution in [0.15, 0.2) is 24.3 Å². The smallest absolute Gasteiger partial charge is 0.305 e. The van der Waals surface area contributed by atoms with E-state index in [1.165, 1.54) is 5.56 Å². The highest BCUT2D eigenvalue weighted by molar-refractivity contribution is 5.67. The molecule has 0 spiro atoms. The van der Waals surface area contributed by atoms with Crippen LogP contribution in [0.1, 0.15) is 31.7 Å². The third kappa shape index (κ3) is 3.73. The van der Waals surface area contributed by atoms with Gasteiger partial charge < -0.3 is 14.7 Å². The van der Waals surface area contributed by atoms with Crippen LogP contribution in [0, 0.1) is 6.92 Å². The lowest BCUT2D eigenvalue weighted by Gasteiger charge is -2.43. The fraction of sp³-hybridized carbons (Fsp3) is 0.562. The Labute approximate surface area is 120 Å². The van der Waals surface area contributed by atoms with E-state index in [4.69, 9.17) is 9.84 Å². The van der Waals surface area contributed by atoms with Gasteiger partial charge in [0.25, 0.3) is 0 Å². The predicted octanol–water partition coefficient (Wildman–Crippen LogP) is 2.84. The van der Waals surface area contributed by atoms with Crippen molar-refractivity contribution in [3.05, 3.63) is 29.8 Å². The summed E-state index contributed by atoms with van der Waals surface area (Å²) < 4.78 is 5.60. The van der Waals surface area contributed by atoms with Gasteiger partial charge in [-0.3, -0.25) is 4.79 Å². The zero-order valence-electron chi connectivity index (χ0n) is 12.2. The number of aliphatic carboxylic acids is 1. The number of carboxylic acid groups (broad SMARTS) is 1. The number of hydrogen-bond acceptors (Lipinski definition) is 3. The molecular weight excluding hydrogens is 254 g/mol. The molecule has 0 aromatic heterocycles. The Morgan fingerprint density at radius 1 is 1.35 bits per heavy atom. The molecule has 4 nitrogen and oxygen atoms in total. The normalized spacial score (nSPS) is 21.3. The number of rotatable bonds is 7. The van der Waals surface area contributed by atoms with Crippen LogP contribution in [0.3, 0.4) is 0 Å². The Balaban J connectivity index is 2.01. The predicted molar refractivity (Wildman–Crippen MR) is 79.2 cm³/mol. The first-order chi connectivity index (χ1) is 9.60. The summed E-state index contributed by atoms with van der Waals surface area (Å²) >= 11 is 0. The van der Waals surface area contributed by atoms with E-state index < -0.39 is 5.97 Å². The summed E-state index contributed by atoms with van der Waals surface area (Å²) in [6, 6.07) is 8.69. The van der Waals surface area contributed by atoms with Crippen LogP contribution in [-0.2, 0) is 9.53 Å². The molecule has 0 heterocycles. The van der Waals surface area contributed by atoms with Crippen molar-refractivity contribution in [1.82, 2.24) is 0 Å². The lowest BCUT2D eigenvalue weighted by atomic mass is 9.87. The Hall–Kier alpha value is -1.55. The van der Waals surface area contributed by atoms with Gasteiger partial charge in [-0.2, -0.15) is 0 Å². The van der Waals surface area contributed by atoms with Gasteiger partial charge in [-0.25, -0.2) is 0 Å². The molecule has 1 aromatic carbocycles. The molecule has 0 unspecified atom stereocenters. The summed E-state index contributed by atoms with van der Waals surface area (Å²) in [6.45, 7) is 5.37. The summed E-state index contributed by atoms with van der Waals surface area (Å²) in [7, 11) is 0. The quantitative estimate of drug-likeness (QED) is 0.832. The third-order valence-electron chi connectivity index (χ3n) is 3.85. The first-order valence-corrected chi connectivity index (χ1v) is 7.27. The van der Waals surface area contributed by atoms with E-state index in [0.717, 1.165) is 25.1 Å². The first-order valence-electron chi connectivity index (χ1n) is 7.27. The SMILES string of the molecule is CCOC1CC(N(CCC(=O)O)c2ccc(C)cc2)C1. The second kappa shape index (κ2) is 6.75. The average molecular weight is 277 g/mol. The number of benzene rings is 1. The van der Waals surface area contributed by atoms with Crippen molar-refractivity contribution in [1.29, 1.82) is 0 Å². The molecule has 0 aliphatic heterocycles. The fourth-order valence-electron chi connectivity index (χ4n) is 2.64. The Kier molecular flexibility index (Phi) is 5.01. The molecule has 110 valence electrons. The zero-order valence-corrected chi connectivity index (χ0v) is 12.2. The number of nitrogens with zero attached hydrogens (tertiary/aromatic N) is 1. The molecule has 0 amide bonds. The van der Waals surface area contributed by atoms with Crippen LogP contribution < -0.4 is 4.90 Å². The Morgan fingerprint density at radius 2 is 2.00 bits per heavy atom. The summed E-state index contributed by atoms with van der Waals surface area (Å²) in [5.74, 6) is -0.747. The van der Waals surface area contributed by atoms with Crippen molar-refractivity contribution in [2.45, 2.75) is 45.3 Å². The van der Waals surface area contributed by atoms with Gasteiger partial charge in [0.05, 0.1) is 12.5 Å². The van der Waals surface area contributed by atoms with Crippen molar-refractivity contribution >= 4 is 11.7 Å². The fourth-order valence-corrected chi connectivity index (χ4v) is 2.64. The van der Waals surface area contributed by atoms with Gasteiger partial charge in [0.2, 0.25) is 0 Å². The van der Waals surface area contributed by atoms with E-state index >= 15 is 0 Å². The number of anilines is 1. The van der Waals surface area contributed by atoms with Crippen molar-refractivity contribution in [3.63, 3.8) is 0 Å². The molecule has 0 atom stereocenters. The number of carbonyl (C=O) groups is 1. The monoisotopic (exact) mass is 277 g/mol. The minimum absolute atomic E-state index is 0.170. The maximum Gasteiger partial charge on any atom is 0.305 e. The molecule has 0 saturated heterocycles.